The Morgan fingerprint density at radius 3 is 2.36 bits per heavy atom. The average Bonchev–Trinajstić information content (AvgIpc) is 2.96. The number of alkyl halides is 2. The third kappa shape index (κ3) is 4.89. The highest BCUT2D eigenvalue weighted by molar-refractivity contribution is 5.94. The van der Waals surface area contributed by atoms with Gasteiger partial charge in [-0.3, -0.25) is 14.9 Å². The van der Waals surface area contributed by atoms with Crippen LogP contribution in [0.15, 0.2) is 30.3 Å². The quantitative estimate of drug-likeness (QED) is 0.849. The number of piperidine rings is 1. The zero-order chi connectivity index (χ0) is 17.2. The molecule has 2 fully saturated rings. The highest BCUT2D eigenvalue weighted by Gasteiger charge is 2.42. The van der Waals surface area contributed by atoms with Crippen molar-refractivity contribution in [1.29, 1.82) is 0 Å². The van der Waals surface area contributed by atoms with Gasteiger partial charge in [0, 0.05) is 31.1 Å². The molecule has 0 radical (unpaired) electrons. The van der Waals surface area contributed by atoms with Gasteiger partial charge in [-0.2, -0.15) is 0 Å². The molecular formula is C17H22ClF2N3O2. The van der Waals surface area contributed by atoms with Gasteiger partial charge in [-0.1, -0.05) is 18.2 Å². The first-order chi connectivity index (χ1) is 11.4. The van der Waals surface area contributed by atoms with Gasteiger partial charge in [0.05, 0.1) is 12.6 Å². The lowest BCUT2D eigenvalue weighted by atomic mass is 10.0. The molecule has 8 heteroatoms. The van der Waals surface area contributed by atoms with Crippen LogP contribution in [0.5, 0.6) is 0 Å². The first-order valence-corrected chi connectivity index (χ1v) is 8.20. The Labute approximate surface area is 151 Å². The third-order valence-corrected chi connectivity index (χ3v) is 4.58. The first-order valence-electron chi connectivity index (χ1n) is 8.20. The van der Waals surface area contributed by atoms with Crippen LogP contribution in [0.3, 0.4) is 0 Å². The average molecular weight is 374 g/mol. The Balaban J connectivity index is 0.00000225. The van der Waals surface area contributed by atoms with Crippen LogP contribution in [-0.4, -0.2) is 54.4 Å². The summed E-state index contributed by atoms with van der Waals surface area (Å²) in [6.45, 7) is 0.648. The van der Waals surface area contributed by atoms with E-state index < -0.39 is 24.9 Å². The van der Waals surface area contributed by atoms with Crippen LogP contribution < -0.4 is 10.6 Å². The maximum atomic E-state index is 13.1. The number of benzene rings is 1. The maximum Gasteiger partial charge on any atom is 0.262 e. The van der Waals surface area contributed by atoms with Gasteiger partial charge in [-0.25, -0.2) is 8.78 Å². The molecule has 2 aliphatic rings. The zero-order valence-corrected chi connectivity index (χ0v) is 14.5. The summed E-state index contributed by atoms with van der Waals surface area (Å²) < 4.78 is 26.3. The molecule has 0 bridgehead atoms. The van der Waals surface area contributed by atoms with E-state index in [0.717, 1.165) is 0 Å². The summed E-state index contributed by atoms with van der Waals surface area (Å²) in [6.07, 6.45) is 0.811. The van der Waals surface area contributed by atoms with Crippen molar-refractivity contribution in [3.63, 3.8) is 0 Å². The van der Waals surface area contributed by atoms with E-state index in [1.54, 1.807) is 17.0 Å². The number of nitrogens with one attached hydrogen (secondary N) is 2. The van der Waals surface area contributed by atoms with Crippen LogP contribution >= 0.6 is 12.4 Å². The van der Waals surface area contributed by atoms with E-state index in [-0.39, 0.29) is 30.3 Å². The Morgan fingerprint density at radius 2 is 1.80 bits per heavy atom. The predicted octanol–water partition coefficient (Wildman–Crippen LogP) is 1.83. The molecule has 0 spiro atoms. The fourth-order valence-corrected chi connectivity index (χ4v) is 3.19. The minimum atomic E-state index is -2.81. The topological polar surface area (TPSA) is 61.4 Å². The smallest absolute Gasteiger partial charge is 0.262 e. The van der Waals surface area contributed by atoms with E-state index in [4.69, 9.17) is 0 Å². The number of nitrogens with zero attached hydrogens (tertiary/aromatic N) is 1. The van der Waals surface area contributed by atoms with Crippen molar-refractivity contribution in [2.24, 2.45) is 0 Å². The second-order valence-corrected chi connectivity index (χ2v) is 6.43. The number of hydrogen-bond acceptors (Lipinski definition) is 3. The summed E-state index contributed by atoms with van der Waals surface area (Å²) in [7, 11) is 0. The van der Waals surface area contributed by atoms with Gasteiger partial charge in [0.1, 0.15) is 0 Å². The zero-order valence-electron chi connectivity index (χ0n) is 13.7. The van der Waals surface area contributed by atoms with Crippen molar-refractivity contribution in [3.05, 3.63) is 35.9 Å². The summed E-state index contributed by atoms with van der Waals surface area (Å²) in [5.74, 6) is -3.20. The van der Waals surface area contributed by atoms with E-state index in [2.05, 4.69) is 10.6 Å². The first kappa shape index (κ1) is 19.6. The van der Waals surface area contributed by atoms with Gasteiger partial charge in [0.25, 0.3) is 11.8 Å². The second-order valence-electron chi connectivity index (χ2n) is 6.43. The molecule has 1 atom stereocenters. The molecule has 1 aromatic rings. The molecule has 3 rings (SSSR count). The molecule has 5 nitrogen and oxygen atoms in total. The number of amides is 2. The molecule has 0 saturated carbocycles. The molecule has 138 valence electrons. The lowest BCUT2D eigenvalue weighted by molar-refractivity contribution is -0.124. The van der Waals surface area contributed by atoms with Gasteiger partial charge in [0.2, 0.25) is 5.91 Å². The summed E-state index contributed by atoms with van der Waals surface area (Å²) in [6, 6.07) is 8.16. The normalized spacial score (nSPS) is 23.0. The van der Waals surface area contributed by atoms with Crippen molar-refractivity contribution >= 4 is 24.2 Å². The van der Waals surface area contributed by atoms with E-state index in [1.807, 2.05) is 18.2 Å². The van der Waals surface area contributed by atoms with Crippen LogP contribution in [0.2, 0.25) is 0 Å². The van der Waals surface area contributed by atoms with Gasteiger partial charge in [-0.15, -0.1) is 12.4 Å². The Bertz CT molecular complexity index is 607. The van der Waals surface area contributed by atoms with Crippen molar-refractivity contribution in [2.75, 3.05) is 19.6 Å². The number of rotatable bonds is 3. The third-order valence-electron chi connectivity index (χ3n) is 4.58. The van der Waals surface area contributed by atoms with Gasteiger partial charge in [0.15, 0.2) is 0 Å². The Hall–Kier alpha value is -1.73. The maximum absolute atomic E-state index is 13.1. The summed E-state index contributed by atoms with van der Waals surface area (Å²) >= 11 is 0. The lowest BCUT2D eigenvalue weighted by Gasteiger charge is -2.33. The van der Waals surface area contributed by atoms with Crippen molar-refractivity contribution in [3.8, 4) is 0 Å². The van der Waals surface area contributed by atoms with Gasteiger partial charge >= 0.3 is 0 Å². The fraction of sp³-hybridized carbons (Fsp3) is 0.529. The number of carbonyl (C=O) groups is 2. The van der Waals surface area contributed by atoms with Crippen LogP contribution in [0.25, 0.3) is 0 Å². The Kier molecular flexibility index (Phi) is 6.35. The molecule has 2 heterocycles. The lowest BCUT2D eigenvalue weighted by Crippen LogP contribution is -2.50. The highest BCUT2D eigenvalue weighted by atomic mass is 35.5. The molecule has 1 unspecified atom stereocenters. The largest absolute Gasteiger partial charge is 0.352 e. The number of hydrogen-bond donors (Lipinski definition) is 2. The van der Waals surface area contributed by atoms with E-state index in [1.165, 1.54) is 0 Å². The molecule has 25 heavy (non-hydrogen) atoms. The minimum Gasteiger partial charge on any atom is -0.352 e. The standard InChI is InChI=1S/C17H21F2N3O2.ClH/c18-17(19)10-14(20-11-17)15(23)21-13-6-8-22(9-7-13)16(24)12-4-2-1-3-5-12;/h1-5,13-14,20H,6-11H2,(H,21,23);1H. The second kappa shape index (κ2) is 8.10. The number of likely N-dealkylation sites (tertiary alicyclic amines) is 1. The molecule has 2 amide bonds. The van der Waals surface area contributed by atoms with Crippen LogP contribution in [0.4, 0.5) is 8.78 Å². The van der Waals surface area contributed by atoms with Crippen molar-refractivity contribution in [1.82, 2.24) is 15.5 Å². The van der Waals surface area contributed by atoms with E-state index in [0.29, 0.717) is 31.5 Å². The Morgan fingerprint density at radius 1 is 1.16 bits per heavy atom. The molecule has 2 aliphatic heterocycles. The van der Waals surface area contributed by atoms with E-state index >= 15 is 0 Å². The molecular weight excluding hydrogens is 352 g/mol. The summed E-state index contributed by atoms with van der Waals surface area (Å²) in [5.41, 5.74) is 0.650. The number of halogens is 3. The minimum absolute atomic E-state index is 0. The fourth-order valence-electron chi connectivity index (χ4n) is 3.19. The van der Waals surface area contributed by atoms with Crippen LogP contribution in [-0.2, 0) is 4.79 Å². The van der Waals surface area contributed by atoms with Crippen LogP contribution in [0.1, 0.15) is 29.6 Å². The molecule has 2 saturated heterocycles. The molecule has 2 N–H and O–H groups in total. The molecule has 0 aromatic heterocycles. The van der Waals surface area contributed by atoms with Crippen molar-refractivity contribution < 1.29 is 18.4 Å². The van der Waals surface area contributed by atoms with Crippen LogP contribution in [0, 0.1) is 0 Å². The van der Waals surface area contributed by atoms with Crippen molar-refractivity contribution in [2.45, 2.75) is 37.3 Å². The van der Waals surface area contributed by atoms with Gasteiger partial charge < -0.3 is 10.2 Å². The SMILES string of the molecule is Cl.O=C(NC1CCN(C(=O)c2ccccc2)CC1)C1CC(F)(F)CN1. The van der Waals surface area contributed by atoms with Gasteiger partial charge in [-0.05, 0) is 25.0 Å². The molecule has 0 aliphatic carbocycles. The summed E-state index contributed by atoms with van der Waals surface area (Å²) in [5, 5.41) is 5.38. The molecule has 1 aromatic carbocycles. The summed E-state index contributed by atoms with van der Waals surface area (Å²) in [4.78, 5) is 26.2. The monoisotopic (exact) mass is 373 g/mol. The highest BCUT2D eigenvalue weighted by Crippen LogP contribution is 2.25. The number of carbonyl (C=O) groups excluding carboxylic acids is 2. The van der Waals surface area contributed by atoms with E-state index in [9.17, 15) is 18.4 Å². The predicted molar refractivity (Wildman–Crippen MR) is 92.1 cm³/mol.